The van der Waals surface area contributed by atoms with E-state index < -0.39 is 0 Å². The highest BCUT2D eigenvalue weighted by Crippen LogP contribution is 2.08. The van der Waals surface area contributed by atoms with Gasteiger partial charge in [-0.2, -0.15) is 0 Å². The van der Waals surface area contributed by atoms with E-state index in [-0.39, 0.29) is 11.8 Å². The molecular formula is C14H17N3O2. The summed E-state index contributed by atoms with van der Waals surface area (Å²) in [6.07, 6.45) is 5.31. The van der Waals surface area contributed by atoms with Crippen LogP contribution in [0.3, 0.4) is 0 Å². The molecule has 2 rings (SSSR count). The molecule has 0 unspecified atom stereocenters. The predicted molar refractivity (Wildman–Crippen MR) is 71.5 cm³/mol. The smallest absolute Gasteiger partial charge is 0.255 e. The van der Waals surface area contributed by atoms with Crippen molar-refractivity contribution in [2.45, 2.75) is 6.42 Å². The molecule has 1 aliphatic rings. The van der Waals surface area contributed by atoms with Gasteiger partial charge in [-0.1, -0.05) is 6.58 Å². The van der Waals surface area contributed by atoms with E-state index in [4.69, 9.17) is 0 Å². The summed E-state index contributed by atoms with van der Waals surface area (Å²) in [7, 11) is 0. The zero-order chi connectivity index (χ0) is 13.7. The molecule has 5 nitrogen and oxygen atoms in total. The van der Waals surface area contributed by atoms with E-state index in [2.05, 4.69) is 11.6 Å². The predicted octanol–water partition coefficient (Wildman–Crippen LogP) is 0.942. The molecule has 0 aliphatic carbocycles. The number of pyridine rings is 1. The van der Waals surface area contributed by atoms with Gasteiger partial charge in [0.15, 0.2) is 0 Å². The lowest BCUT2D eigenvalue weighted by atomic mass is 10.2. The van der Waals surface area contributed by atoms with Crippen molar-refractivity contribution in [3.05, 3.63) is 42.7 Å². The van der Waals surface area contributed by atoms with Crippen molar-refractivity contribution in [1.82, 2.24) is 14.8 Å². The molecule has 1 aromatic heterocycles. The van der Waals surface area contributed by atoms with Crippen LogP contribution < -0.4 is 0 Å². The first-order chi connectivity index (χ1) is 9.22. The van der Waals surface area contributed by atoms with E-state index in [0.29, 0.717) is 31.7 Å². The van der Waals surface area contributed by atoms with E-state index in [0.717, 1.165) is 6.42 Å². The molecule has 0 spiro atoms. The van der Waals surface area contributed by atoms with Gasteiger partial charge >= 0.3 is 0 Å². The summed E-state index contributed by atoms with van der Waals surface area (Å²) < 4.78 is 0. The molecule has 0 radical (unpaired) electrons. The standard InChI is InChI=1S/C14H17N3O2/c1-2-13(18)16-7-4-8-17(10-9-16)14(19)12-5-3-6-15-11-12/h2-3,5-6,11H,1,4,7-10H2. The van der Waals surface area contributed by atoms with Crippen LogP contribution in [0.15, 0.2) is 37.2 Å². The van der Waals surface area contributed by atoms with Crippen molar-refractivity contribution in [2.24, 2.45) is 0 Å². The molecule has 1 aromatic rings. The lowest BCUT2D eigenvalue weighted by Gasteiger charge is -2.21. The van der Waals surface area contributed by atoms with Crippen molar-refractivity contribution in [2.75, 3.05) is 26.2 Å². The van der Waals surface area contributed by atoms with Crippen molar-refractivity contribution < 1.29 is 9.59 Å². The summed E-state index contributed by atoms with van der Waals surface area (Å²) in [6.45, 7) is 5.92. The third-order valence-corrected chi connectivity index (χ3v) is 3.18. The normalized spacial score (nSPS) is 15.8. The van der Waals surface area contributed by atoms with Gasteiger partial charge < -0.3 is 9.80 Å². The molecule has 0 saturated carbocycles. The van der Waals surface area contributed by atoms with Gasteiger partial charge in [0.1, 0.15) is 0 Å². The largest absolute Gasteiger partial charge is 0.337 e. The highest BCUT2D eigenvalue weighted by molar-refractivity contribution is 5.94. The fraction of sp³-hybridized carbons (Fsp3) is 0.357. The lowest BCUT2D eigenvalue weighted by Crippen LogP contribution is -2.36. The van der Waals surface area contributed by atoms with E-state index in [1.54, 1.807) is 34.3 Å². The van der Waals surface area contributed by atoms with Crippen molar-refractivity contribution in [3.63, 3.8) is 0 Å². The minimum absolute atomic E-state index is 0.0268. The third kappa shape index (κ3) is 3.19. The Kier molecular flexibility index (Phi) is 4.28. The molecule has 19 heavy (non-hydrogen) atoms. The maximum atomic E-state index is 12.3. The first-order valence-electron chi connectivity index (χ1n) is 6.33. The Hall–Kier alpha value is -2.17. The van der Waals surface area contributed by atoms with E-state index in [1.807, 2.05) is 0 Å². The number of carbonyl (C=O) groups is 2. The number of rotatable bonds is 2. The Morgan fingerprint density at radius 2 is 1.95 bits per heavy atom. The highest BCUT2D eigenvalue weighted by atomic mass is 16.2. The summed E-state index contributed by atoms with van der Waals surface area (Å²) in [4.78, 5) is 31.3. The maximum absolute atomic E-state index is 12.3. The van der Waals surface area contributed by atoms with Gasteiger partial charge in [-0.05, 0) is 24.6 Å². The SMILES string of the molecule is C=CC(=O)N1CCCN(C(=O)c2cccnc2)CC1. The molecular weight excluding hydrogens is 242 g/mol. The third-order valence-electron chi connectivity index (χ3n) is 3.18. The summed E-state index contributed by atoms with van der Waals surface area (Å²) >= 11 is 0. The van der Waals surface area contributed by atoms with Crippen LogP contribution in [0, 0.1) is 0 Å². The van der Waals surface area contributed by atoms with Crippen molar-refractivity contribution >= 4 is 11.8 Å². The average molecular weight is 259 g/mol. The first kappa shape index (κ1) is 13.3. The summed E-state index contributed by atoms with van der Waals surface area (Å²) in [5, 5.41) is 0. The van der Waals surface area contributed by atoms with Gasteiger partial charge in [0.2, 0.25) is 5.91 Å². The van der Waals surface area contributed by atoms with Gasteiger partial charge in [-0.3, -0.25) is 14.6 Å². The van der Waals surface area contributed by atoms with E-state index in [1.165, 1.54) is 6.08 Å². The van der Waals surface area contributed by atoms with Gasteiger partial charge in [0, 0.05) is 38.6 Å². The van der Waals surface area contributed by atoms with Gasteiger partial charge in [0.05, 0.1) is 5.56 Å². The molecule has 100 valence electrons. The van der Waals surface area contributed by atoms with E-state index >= 15 is 0 Å². The molecule has 1 aliphatic heterocycles. The molecule has 0 aromatic carbocycles. The fourth-order valence-corrected chi connectivity index (χ4v) is 2.14. The minimum atomic E-state index is -0.0734. The molecule has 2 heterocycles. The van der Waals surface area contributed by atoms with Crippen molar-refractivity contribution in [3.8, 4) is 0 Å². The van der Waals surface area contributed by atoms with Crippen LogP contribution in [0.4, 0.5) is 0 Å². The number of carbonyl (C=O) groups excluding carboxylic acids is 2. The van der Waals surface area contributed by atoms with Crippen LogP contribution in [0.2, 0.25) is 0 Å². The van der Waals surface area contributed by atoms with Crippen LogP contribution in [-0.2, 0) is 4.79 Å². The molecule has 5 heteroatoms. The van der Waals surface area contributed by atoms with E-state index in [9.17, 15) is 9.59 Å². The van der Waals surface area contributed by atoms with Crippen LogP contribution >= 0.6 is 0 Å². The van der Waals surface area contributed by atoms with Gasteiger partial charge in [-0.15, -0.1) is 0 Å². The van der Waals surface area contributed by atoms with Gasteiger partial charge in [-0.25, -0.2) is 0 Å². The Labute approximate surface area is 112 Å². The summed E-state index contributed by atoms with van der Waals surface area (Å²) in [6, 6.07) is 3.51. The first-order valence-corrected chi connectivity index (χ1v) is 6.33. The summed E-state index contributed by atoms with van der Waals surface area (Å²) in [5.41, 5.74) is 0.589. The Bertz CT molecular complexity index is 473. The Morgan fingerprint density at radius 1 is 1.21 bits per heavy atom. The second-order valence-electron chi connectivity index (χ2n) is 4.42. The number of aromatic nitrogens is 1. The number of hydrogen-bond donors (Lipinski definition) is 0. The quantitative estimate of drug-likeness (QED) is 0.743. The minimum Gasteiger partial charge on any atom is -0.337 e. The zero-order valence-electron chi connectivity index (χ0n) is 10.8. The van der Waals surface area contributed by atoms with Gasteiger partial charge in [0.25, 0.3) is 5.91 Å². The topological polar surface area (TPSA) is 53.5 Å². The molecule has 0 atom stereocenters. The number of hydrogen-bond acceptors (Lipinski definition) is 3. The van der Waals surface area contributed by atoms with Crippen molar-refractivity contribution in [1.29, 1.82) is 0 Å². The number of nitrogens with zero attached hydrogens (tertiary/aromatic N) is 3. The average Bonchev–Trinajstić information content (AvgIpc) is 2.72. The zero-order valence-corrected chi connectivity index (χ0v) is 10.8. The number of amides is 2. The second-order valence-corrected chi connectivity index (χ2v) is 4.42. The van der Waals surface area contributed by atoms with Crippen LogP contribution in [0.5, 0.6) is 0 Å². The second kappa shape index (κ2) is 6.13. The lowest BCUT2D eigenvalue weighted by molar-refractivity contribution is -0.125. The van der Waals surface area contributed by atoms with Crippen LogP contribution in [0.1, 0.15) is 16.8 Å². The highest BCUT2D eigenvalue weighted by Gasteiger charge is 2.21. The molecule has 2 amide bonds. The Morgan fingerprint density at radius 3 is 2.63 bits per heavy atom. The fourth-order valence-electron chi connectivity index (χ4n) is 2.14. The van der Waals surface area contributed by atoms with Crippen LogP contribution in [-0.4, -0.2) is 52.8 Å². The molecule has 0 bridgehead atoms. The maximum Gasteiger partial charge on any atom is 0.255 e. The molecule has 1 fully saturated rings. The molecule has 1 saturated heterocycles. The summed E-state index contributed by atoms with van der Waals surface area (Å²) in [5.74, 6) is -0.100. The van der Waals surface area contributed by atoms with Crippen LogP contribution in [0.25, 0.3) is 0 Å². The molecule has 0 N–H and O–H groups in total. The Balaban J connectivity index is 2.01. The monoisotopic (exact) mass is 259 g/mol.